The van der Waals surface area contributed by atoms with E-state index in [0.717, 1.165) is 23.3 Å². The smallest absolute Gasteiger partial charge is 0.120 e. The molecule has 0 aromatic heterocycles. The lowest BCUT2D eigenvalue weighted by molar-refractivity contribution is 0.242. The van der Waals surface area contributed by atoms with Crippen molar-refractivity contribution in [1.29, 1.82) is 0 Å². The number of nitrogens with one attached hydrogen (secondary N) is 1. The normalized spacial score (nSPS) is 10.8. The maximum Gasteiger partial charge on any atom is 0.120 e. The largest absolute Gasteiger partial charge is 0.491 e. The van der Waals surface area contributed by atoms with Crippen molar-refractivity contribution in [3.05, 3.63) is 64.1 Å². The summed E-state index contributed by atoms with van der Waals surface area (Å²) in [4.78, 5) is 0. The highest BCUT2D eigenvalue weighted by molar-refractivity contribution is 9.10. The van der Waals surface area contributed by atoms with Crippen LogP contribution < -0.4 is 10.1 Å². The molecule has 0 saturated carbocycles. The van der Waals surface area contributed by atoms with Gasteiger partial charge in [0.2, 0.25) is 0 Å². The Hall–Kier alpha value is -1.32. The highest BCUT2D eigenvalue weighted by Crippen LogP contribution is 2.15. The van der Waals surface area contributed by atoms with Gasteiger partial charge in [0.05, 0.1) is 6.10 Å². The standard InChI is InChI=1S/C17H20BrNO/c1-13(2)20-17-5-3-4-15(10-17)12-19-11-14-6-8-16(18)9-7-14/h3-10,13,19H,11-12H2,1-2H3. The average molecular weight is 334 g/mol. The number of hydrogen-bond donors (Lipinski definition) is 1. The van der Waals surface area contributed by atoms with E-state index < -0.39 is 0 Å². The van der Waals surface area contributed by atoms with E-state index in [0.29, 0.717) is 0 Å². The van der Waals surface area contributed by atoms with Crippen LogP contribution in [-0.4, -0.2) is 6.10 Å². The summed E-state index contributed by atoms with van der Waals surface area (Å²) in [6.07, 6.45) is 0.209. The number of benzene rings is 2. The molecule has 106 valence electrons. The second-order valence-corrected chi connectivity index (χ2v) is 5.96. The van der Waals surface area contributed by atoms with Gasteiger partial charge in [-0.25, -0.2) is 0 Å². The molecule has 0 spiro atoms. The van der Waals surface area contributed by atoms with Gasteiger partial charge in [-0.15, -0.1) is 0 Å². The summed E-state index contributed by atoms with van der Waals surface area (Å²) in [7, 11) is 0. The second kappa shape index (κ2) is 7.46. The van der Waals surface area contributed by atoms with E-state index in [2.05, 4.69) is 57.6 Å². The van der Waals surface area contributed by atoms with Crippen LogP contribution in [0.4, 0.5) is 0 Å². The van der Waals surface area contributed by atoms with Crippen LogP contribution in [-0.2, 0) is 13.1 Å². The number of hydrogen-bond acceptors (Lipinski definition) is 2. The first kappa shape index (κ1) is 15.1. The zero-order chi connectivity index (χ0) is 14.4. The van der Waals surface area contributed by atoms with Crippen molar-refractivity contribution in [3.63, 3.8) is 0 Å². The lowest BCUT2D eigenvalue weighted by atomic mass is 10.2. The molecular formula is C17H20BrNO. The van der Waals surface area contributed by atoms with Gasteiger partial charge in [-0.1, -0.05) is 40.2 Å². The van der Waals surface area contributed by atoms with Gasteiger partial charge in [-0.2, -0.15) is 0 Å². The molecule has 0 amide bonds. The third-order valence-corrected chi connectivity index (χ3v) is 3.37. The van der Waals surface area contributed by atoms with Crippen LogP contribution in [0.3, 0.4) is 0 Å². The minimum Gasteiger partial charge on any atom is -0.491 e. The van der Waals surface area contributed by atoms with Crippen molar-refractivity contribution in [1.82, 2.24) is 5.32 Å². The molecule has 2 aromatic carbocycles. The van der Waals surface area contributed by atoms with E-state index in [1.807, 2.05) is 26.0 Å². The fourth-order valence-electron chi connectivity index (χ4n) is 1.95. The van der Waals surface area contributed by atoms with E-state index in [-0.39, 0.29) is 6.10 Å². The Balaban J connectivity index is 1.86. The summed E-state index contributed by atoms with van der Waals surface area (Å²) in [5.74, 6) is 0.933. The zero-order valence-corrected chi connectivity index (χ0v) is 13.5. The van der Waals surface area contributed by atoms with E-state index in [9.17, 15) is 0 Å². The summed E-state index contributed by atoms with van der Waals surface area (Å²) < 4.78 is 6.81. The van der Waals surface area contributed by atoms with Gasteiger partial charge < -0.3 is 10.1 Å². The Morgan fingerprint density at radius 1 is 1.00 bits per heavy atom. The van der Waals surface area contributed by atoms with Crippen LogP contribution in [0.1, 0.15) is 25.0 Å². The molecule has 0 bridgehead atoms. The molecule has 0 saturated heterocycles. The van der Waals surface area contributed by atoms with Crippen molar-refractivity contribution in [2.24, 2.45) is 0 Å². The lowest BCUT2D eigenvalue weighted by Crippen LogP contribution is -2.13. The molecule has 20 heavy (non-hydrogen) atoms. The molecule has 0 aliphatic heterocycles. The van der Waals surface area contributed by atoms with E-state index in [1.54, 1.807) is 0 Å². The Morgan fingerprint density at radius 2 is 1.70 bits per heavy atom. The molecular weight excluding hydrogens is 314 g/mol. The van der Waals surface area contributed by atoms with Crippen LogP contribution in [0, 0.1) is 0 Å². The number of rotatable bonds is 6. The first-order valence-corrected chi connectivity index (χ1v) is 7.63. The molecule has 0 atom stereocenters. The lowest BCUT2D eigenvalue weighted by Gasteiger charge is -2.11. The molecule has 1 N–H and O–H groups in total. The maximum atomic E-state index is 5.70. The molecule has 0 radical (unpaired) electrons. The highest BCUT2D eigenvalue weighted by atomic mass is 79.9. The Kier molecular flexibility index (Phi) is 5.62. The van der Waals surface area contributed by atoms with Gasteiger partial charge in [-0.3, -0.25) is 0 Å². The first-order chi connectivity index (χ1) is 9.63. The summed E-state index contributed by atoms with van der Waals surface area (Å²) in [5.41, 5.74) is 2.52. The summed E-state index contributed by atoms with van der Waals surface area (Å²) in [6.45, 7) is 5.78. The summed E-state index contributed by atoms with van der Waals surface area (Å²) in [5, 5.41) is 3.45. The molecule has 2 aromatic rings. The summed E-state index contributed by atoms with van der Waals surface area (Å²) >= 11 is 3.44. The Labute approximate surface area is 129 Å². The first-order valence-electron chi connectivity index (χ1n) is 6.84. The van der Waals surface area contributed by atoms with Gasteiger partial charge >= 0.3 is 0 Å². The van der Waals surface area contributed by atoms with Crippen LogP contribution in [0.25, 0.3) is 0 Å². The molecule has 2 nitrogen and oxygen atoms in total. The van der Waals surface area contributed by atoms with Crippen LogP contribution >= 0.6 is 15.9 Å². The van der Waals surface area contributed by atoms with Crippen molar-refractivity contribution in [2.45, 2.75) is 33.0 Å². The fraction of sp³-hybridized carbons (Fsp3) is 0.294. The van der Waals surface area contributed by atoms with E-state index in [4.69, 9.17) is 4.74 Å². The van der Waals surface area contributed by atoms with Gasteiger partial charge in [0, 0.05) is 17.6 Å². The maximum absolute atomic E-state index is 5.70. The highest BCUT2D eigenvalue weighted by Gasteiger charge is 2.00. The number of halogens is 1. The molecule has 0 fully saturated rings. The van der Waals surface area contributed by atoms with Gasteiger partial charge in [0.1, 0.15) is 5.75 Å². The predicted octanol–water partition coefficient (Wildman–Crippen LogP) is 4.53. The van der Waals surface area contributed by atoms with E-state index >= 15 is 0 Å². The molecule has 3 heteroatoms. The summed E-state index contributed by atoms with van der Waals surface area (Å²) in [6, 6.07) is 16.6. The quantitative estimate of drug-likeness (QED) is 0.838. The fourth-order valence-corrected chi connectivity index (χ4v) is 2.22. The van der Waals surface area contributed by atoms with Crippen LogP contribution in [0.5, 0.6) is 5.75 Å². The topological polar surface area (TPSA) is 21.3 Å². The van der Waals surface area contributed by atoms with Crippen molar-refractivity contribution in [3.8, 4) is 5.75 Å². The monoisotopic (exact) mass is 333 g/mol. The van der Waals surface area contributed by atoms with Crippen molar-refractivity contribution < 1.29 is 4.74 Å². The third-order valence-electron chi connectivity index (χ3n) is 2.84. The molecule has 0 unspecified atom stereocenters. The van der Waals surface area contributed by atoms with Gasteiger partial charge in [0.15, 0.2) is 0 Å². The van der Waals surface area contributed by atoms with Gasteiger partial charge in [0.25, 0.3) is 0 Å². The number of ether oxygens (including phenoxy) is 1. The van der Waals surface area contributed by atoms with Crippen molar-refractivity contribution in [2.75, 3.05) is 0 Å². The minimum atomic E-state index is 0.209. The Bertz CT molecular complexity index is 537. The Morgan fingerprint density at radius 3 is 2.40 bits per heavy atom. The SMILES string of the molecule is CC(C)Oc1cccc(CNCc2ccc(Br)cc2)c1. The molecule has 0 aliphatic carbocycles. The molecule has 0 heterocycles. The molecule has 0 aliphatic rings. The van der Waals surface area contributed by atoms with E-state index in [1.165, 1.54) is 11.1 Å². The van der Waals surface area contributed by atoms with Gasteiger partial charge in [-0.05, 0) is 49.2 Å². The van der Waals surface area contributed by atoms with Crippen molar-refractivity contribution >= 4 is 15.9 Å². The molecule has 2 rings (SSSR count). The average Bonchev–Trinajstić information content (AvgIpc) is 2.41. The minimum absolute atomic E-state index is 0.209. The zero-order valence-electron chi connectivity index (χ0n) is 11.9. The van der Waals surface area contributed by atoms with Crippen LogP contribution in [0.15, 0.2) is 53.0 Å². The predicted molar refractivity (Wildman–Crippen MR) is 86.9 cm³/mol. The second-order valence-electron chi connectivity index (χ2n) is 5.04. The van der Waals surface area contributed by atoms with Crippen LogP contribution in [0.2, 0.25) is 0 Å². The third kappa shape index (κ3) is 4.99.